The maximum absolute atomic E-state index is 12.9. The molecule has 35 heavy (non-hydrogen) atoms. The number of fused-ring (bicyclic) bond motifs is 3. The van der Waals surface area contributed by atoms with E-state index in [4.69, 9.17) is 55.9 Å². The number of halogens is 4. The van der Waals surface area contributed by atoms with Crippen molar-refractivity contribution < 1.29 is 23.9 Å². The second-order valence-electron chi connectivity index (χ2n) is 8.44. The van der Waals surface area contributed by atoms with Crippen LogP contribution in [0.1, 0.15) is 25.7 Å². The summed E-state index contributed by atoms with van der Waals surface area (Å²) in [6.45, 7) is -0.551. The molecule has 3 N–H and O–H groups in total. The van der Waals surface area contributed by atoms with Gasteiger partial charge in [-0.2, -0.15) is 0 Å². The van der Waals surface area contributed by atoms with Gasteiger partial charge in [-0.05, 0) is 49.9 Å². The molecule has 3 amide bonds. The van der Waals surface area contributed by atoms with E-state index < -0.39 is 23.0 Å². The lowest BCUT2D eigenvalue weighted by atomic mass is 9.71. The van der Waals surface area contributed by atoms with Gasteiger partial charge in [-0.15, -0.1) is 0 Å². The predicted molar refractivity (Wildman–Crippen MR) is 132 cm³/mol. The van der Waals surface area contributed by atoms with Crippen LogP contribution < -0.4 is 25.4 Å². The molecular formula is C23H21Cl4N3O5. The highest BCUT2D eigenvalue weighted by Gasteiger charge is 2.55. The molecule has 2 aromatic carbocycles. The Kier molecular flexibility index (Phi) is 7.57. The summed E-state index contributed by atoms with van der Waals surface area (Å²) < 4.78 is 10.9. The Balaban J connectivity index is 1.28. The molecule has 3 fully saturated rings. The normalized spacial score (nSPS) is 22.8. The van der Waals surface area contributed by atoms with E-state index in [9.17, 15) is 14.4 Å². The molecule has 2 aliphatic heterocycles. The standard InChI is InChI=1S/C23H21Cl4N3O5/c24-15-3-1-13(9-17(15)26)34-11-19(31)28-22-5-7-23(8-6-22,30-21(22)33)29-20(32)12-35-14-2-4-16(25)18(27)10-14/h1-4,9-10H,5-8,11-12H2,(H,28,31)(H,29,32)(H,30,33). The first-order chi connectivity index (χ1) is 16.6. The number of nitrogens with one attached hydrogen (secondary N) is 3. The Morgan fingerprint density at radius 3 is 1.71 bits per heavy atom. The van der Waals surface area contributed by atoms with Crippen molar-refractivity contribution in [3.05, 3.63) is 56.5 Å². The van der Waals surface area contributed by atoms with E-state index in [1.54, 1.807) is 24.3 Å². The van der Waals surface area contributed by atoms with Gasteiger partial charge >= 0.3 is 0 Å². The van der Waals surface area contributed by atoms with Crippen LogP contribution in [0.5, 0.6) is 11.5 Å². The van der Waals surface area contributed by atoms with Crippen LogP contribution in [0.4, 0.5) is 0 Å². The zero-order chi connectivity index (χ0) is 25.2. The molecule has 0 radical (unpaired) electrons. The van der Waals surface area contributed by atoms with Gasteiger partial charge in [-0.3, -0.25) is 14.4 Å². The fourth-order valence-electron chi connectivity index (χ4n) is 4.17. The molecule has 12 heteroatoms. The third-order valence-electron chi connectivity index (χ3n) is 6.02. The molecular weight excluding hydrogens is 540 g/mol. The maximum Gasteiger partial charge on any atom is 0.259 e. The predicted octanol–water partition coefficient (Wildman–Crippen LogP) is 4.13. The zero-order valence-electron chi connectivity index (χ0n) is 18.3. The minimum absolute atomic E-state index is 0.260. The van der Waals surface area contributed by atoms with Gasteiger partial charge in [0.2, 0.25) is 5.91 Å². The molecule has 1 aliphatic carbocycles. The topological polar surface area (TPSA) is 106 Å². The number of benzene rings is 2. The van der Waals surface area contributed by atoms with Crippen molar-refractivity contribution in [3.8, 4) is 11.5 Å². The first-order valence-corrected chi connectivity index (χ1v) is 12.2. The lowest BCUT2D eigenvalue weighted by molar-refractivity contribution is -0.147. The molecule has 2 heterocycles. The van der Waals surface area contributed by atoms with E-state index in [-0.39, 0.29) is 19.1 Å². The Bertz CT molecular complexity index is 1170. The van der Waals surface area contributed by atoms with Gasteiger partial charge in [0, 0.05) is 12.1 Å². The minimum Gasteiger partial charge on any atom is -0.484 e. The van der Waals surface area contributed by atoms with Crippen LogP contribution in [0.25, 0.3) is 0 Å². The summed E-state index contributed by atoms with van der Waals surface area (Å²) in [7, 11) is 0. The van der Waals surface area contributed by atoms with Crippen LogP contribution in [-0.2, 0) is 14.4 Å². The summed E-state index contributed by atoms with van der Waals surface area (Å²) in [5.41, 5.74) is -1.95. The maximum atomic E-state index is 12.9. The van der Waals surface area contributed by atoms with Crippen LogP contribution in [0.15, 0.2) is 36.4 Å². The molecule has 186 valence electrons. The second-order valence-corrected chi connectivity index (χ2v) is 10.1. The van der Waals surface area contributed by atoms with Gasteiger partial charge in [0.05, 0.1) is 20.1 Å². The van der Waals surface area contributed by atoms with Crippen molar-refractivity contribution in [2.45, 2.75) is 36.9 Å². The Morgan fingerprint density at radius 1 is 0.771 bits per heavy atom. The van der Waals surface area contributed by atoms with Crippen molar-refractivity contribution >= 4 is 64.1 Å². The van der Waals surface area contributed by atoms with Crippen molar-refractivity contribution in [3.63, 3.8) is 0 Å². The fraction of sp³-hybridized carbons (Fsp3) is 0.348. The Labute approximate surface area is 221 Å². The summed E-state index contributed by atoms with van der Waals surface area (Å²) in [5.74, 6) is -0.421. The summed E-state index contributed by atoms with van der Waals surface area (Å²) in [6, 6.07) is 9.35. The first kappa shape index (κ1) is 25.7. The molecule has 0 aromatic heterocycles. The summed E-state index contributed by atoms with van der Waals surface area (Å²) in [6.07, 6.45) is 1.63. The lowest BCUT2D eigenvalue weighted by Crippen LogP contribution is -2.77. The minimum atomic E-state index is -1.05. The Morgan fingerprint density at radius 2 is 1.26 bits per heavy atom. The molecule has 2 bridgehead atoms. The number of amides is 3. The van der Waals surface area contributed by atoms with Crippen LogP contribution in [0.3, 0.4) is 0 Å². The molecule has 8 nitrogen and oxygen atoms in total. The lowest BCUT2D eigenvalue weighted by Gasteiger charge is -2.52. The number of rotatable bonds is 8. The molecule has 2 aromatic rings. The third kappa shape index (κ3) is 5.89. The van der Waals surface area contributed by atoms with E-state index in [1.165, 1.54) is 12.1 Å². The monoisotopic (exact) mass is 559 g/mol. The molecule has 0 spiro atoms. The van der Waals surface area contributed by atoms with Gasteiger partial charge in [0.25, 0.3) is 11.8 Å². The third-order valence-corrected chi connectivity index (χ3v) is 7.50. The first-order valence-electron chi connectivity index (χ1n) is 10.7. The Hall–Kier alpha value is -2.39. The number of hydrogen-bond acceptors (Lipinski definition) is 5. The van der Waals surface area contributed by atoms with Crippen molar-refractivity contribution in [1.82, 2.24) is 16.0 Å². The van der Waals surface area contributed by atoms with Crippen LogP contribution in [0.2, 0.25) is 20.1 Å². The quantitative estimate of drug-likeness (QED) is 0.450. The van der Waals surface area contributed by atoms with Crippen molar-refractivity contribution in [2.75, 3.05) is 13.2 Å². The summed E-state index contributed by atoms with van der Waals surface area (Å²) >= 11 is 23.7. The zero-order valence-corrected chi connectivity index (χ0v) is 21.3. The van der Waals surface area contributed by atoms with E-state index in [1.807, 2.05) is 0 Å². The molecule has 3 aliphatic rings. The highest BCUT2D eigenvalue weighted by Crippen LogP contribution is 2.39. The van der Waals surface area contributed by atoms with Crippen molar-refractivity contribution in [2.24, 2.45) is 0 Å². The van der Waals surface area contributed by atoms with Gasteiger partial charge in [-0.1, -0.05) is 46.4 Å². The molecule has 1 saturated carbocycles. The average molecular weight is 561 g/mol. The van der Waals surface area contributed by atoms with E-state index >= 15 is 0 Å². The van der Waals surface area contributed by atoms with Gasteiger partial charge < -0.3 is 25.4 Å². The van der Waals surface area contributed by atoms with Gasteiger partial charge in [-0.25, -0.2) is 0 Å². The summed E-state index contributed by atoms with van der Waals surface area (Å²) in [5, 5.41) is 9.89. The molecule has 5 rings (SSSR count). The largest absolute Gasteiger partial charge is 0.484 e. The number of piperidine rings is 2. The molecule has 0 atom stereocenters. The number of carbonyl (C=O) groups excluding carboxylic acids is 3. The summed E-state index contributed by atoms with van der Waals surface area (Å²) in [4.78, 5) is 37.9. The second kappa shape index (κ2) is 10.3. The van der Waals surface area contributed by atoms with Gasteiger partial charge in [0.1, 0.15) is 22.7 Å². The number of ether oxygens (including phenoxy) is 2. The fourth-order valence-corrected chi connectivity index (χ4v) is 4.74. The van der Waals surface area contributed by atoms with E-state index in [0.29, 0.717) is 57.3 Å². The van der Waals surface area contributed by atoms with E-state index in [2.05, 4.69) is 16.0 Å². The molecule has 0 unspecified atom stereocenters. The highest BCUT2D eigenvalue weighted by atomic mass is 35.5. The van der Waals surface area contributed by atoms with Crippen LogP contribution >= 0.6 is 46.4 Å². The highest BCUT2D eigenvalue weighted by molar-refractivity contribution is 6.42. The molecule has 2 saturated heterocycles. The number of carbonyl (C=O) groups is 3. The SMILES string of the molecule is O=C(COc1ccc(Cl)c(Cl)c1)NC12CCC(NC(=O)COc3ccc(Cl)c(Cl)c3)(CC1)C(=O)N2. The van der Waals surface area contributed by atoms with Crippen LogP contribution in [-0.4, -0.2) is 42.1 Å². The van der Waals surface area contributed by atoms with E-state index in [0.717, 1.165) is 0 Å². The number of hydrogen-bond donors (Lipinski definition) is 3. The smallest absolute Gasteiger partial charge is 0.259 e. The average Bonchev–Trinajstić information content (AvgIpc) is 2.82. The van der Waals surface area contributed by atoms with Crippen molar-refractivity contribution in [1.29, 1.82) is 0 Å². The van der Waals surface area contributed by atoms with Gasteiger partial charge in [0.15, 0.2) is 13.2 Å². The van der Waals surface area contributed by atoms with Crippen LogP contribution in [0, 0.1) is 0 Å².